The van der Waals surface area contributed by atoms with Crippen LogP contribution in [0, 0.1) is 13.8 Å². The highest BCUT2D eigenvalue weighted by Crippen LogP contribution is 2.36. The summed E-state index contributed by atoms with van der Waals surface area (Å²) in [6, 6.07) is 12.9. The number of aromatic amines is 1. The number of halogens is 1. The van der Waals surface area contributed by atoms with Crippen LogP contribution in [0.3, 0.4) is 0 Å². The topological polar surface area (TPSA) is 71.8 Å². The minimum atomic E-state index is -0.373. The number of nitro benzene ring substituents is 1. The van der Waals surface area contributed by atoms with Gasteiger partial charge < -0.3 is 0 Å². The zero-order chi connectivity index (χ0) is 13.4. The molecule has 0 fully saturated rings. The summed E-state index contributed by atoms with van der Waals surface area (Å²) in [5.74, 6) is 0. The average Bonchev–Trinajstić information content (AvgIpc) is 2.80. The van der Waals surface area contributed by atoms with Crippen LogP contribution in [0.25, 0.3) is 22.0 Å². The fourth-order valence-corrected chi connectivity index (χ4v) is 2.63. The van der Waals surface area contributed by atoms with Gasteiger partial charge in [0.25, 0.3) is 0 Å². The van der Waals surface area contributed by atoms with Gasteiger partial charge in [-0.05, 0) is 40.3 Å². The van der Waals surface area contributed by atoms with Gasteiger partial charge in [-0.1, -0.05) is 30.3 Å². The van der Waals surface area contributed by atoms with Gasteiger partial charge in [0, 0.05) is 5.39 Å². The summed E-state index contributed by atoms with van der Waals surface area (Å²) in [6.07, 6.45) is 0. The SMILES string of the molecule is O=[N+]([O-])c1c(-c2ccccc2)ccc2c(I)[nH]nc12. The molecule has 6 heteroatoms. The lowest BCUT2D eigenvalue weighted by molar-refractivity contribution is -0.382. The molecule has 1 heterocycles. The first-order valence-electron chi connectivity index (χ1n) is 5.55. The van der Waals surface area contributed by atoms with E-state index in [-0.39, 0.29) is 10.6 Å². The summed E-state index contributed by atoms with van der Waals surface area (Å²) >= 11 is 2.08. The molecule has 0 bridgehead atoms. The molecule has 5 nitrogen and oxygen atoms in total. The third-order valence-corrected chi connectivity index (χ3v) is 3.74. The monoisotopic (exact) mass is 365 g/mol. The fraction of sp³-hybridized carbons (Fsp3) is 0. The summed E-state index contributed by atoms with van der Waals surface area (Å²) in [4.78, 5) is 11.0. The van der Waals surface area contributed by atoms with E-state index >= 15 is 0 Å². The van der Waals surface area contributed by atoms with E-state index in [2.05, 4.69) is 32.8 Å². The molecule has 0 saturated heterocycles. The Kier molecular flexibility index (Phi) is 2.94. The molecule has 0 saturated carbocycles. The maximum Gasteiger partial charge on any atom is 0.305 e. The molecule has 1 N–H and O–H groups in total. The molecule has 94 valence electrons. The first kappa shape index (κ1) is 12.1. The van der Waals surface area contributed by atoms with Crippen molar-refractivity contribution in [2.75, 3.05) is 0 Å². The Morgan fingerprint density at radius 1 is 1.16 bits per heavy atom. The minimum Gasteiger partial charge on any atom is -0.271 e. The van der Waals surface area contributed by atoms with Gasteiger partial charge in [-0.3, -0.25) is 15.2 Å². The molecule has 0 aliphatic carbocycles. The lowest BCUT2D eigenvalue weighted by Gasteiger charge is -2.03. The van der Waals surface area contributed by atoms with Gasteiger partial charge in [-0.2, -0.15) is 5.10 Å². The third-order valence-electron chi connectivity index (χ3n) is 2.92. The molecule has 0 amide bonds. The fourth-order valence-electron chi connectivity index (χ4n) is 2.07. The molecule has 0 spiro atoms. The van der Waals surface area contributed by atoms with Gasteiger partial charge in [-0.15, -0.1) is 0 Å². The second-order valence-corrected chi connectivity index (χ2v) is 5.10. The van der Waals surface area contributed by atoms with E-state index in [4.69, 9.17) is 0 Å². The number of hydrogen-bond donors (Lipinski definition) is 1. The van der Waals surface area contributed by atoms with Crippen molar-refractivity contribution in [2.24, 2.45) is 0 Å². The number of H-pyrrole nitrogens is 1. The molecule has 0 unspecified atom stereocenters. The Labute approximate surface area is 121 Å². The highest BCUT2D eigenvalue weighted by Gasteiger charge is 2.22. The maximum atomic E-state index is 11.4. The van der Waals surface area contributed by atoms with E-state index in [0.717, 1.165) is 14.7 Å². The number of nitrogens with zero attached hydrogens (tertiary/aromatic N) is 2. The summed E-state index contributed by atoms with van der Waals surface area (Å²) in [6.45, 7) is 0. The van der Waals surface area contributed by atoms with Crippen LogP contribution in [-0.2, 0) is 0 Å². The smallest absolute Gasteiger partial charge is 0.271 e. The second-order valence-electron chi connectivity index (χ2n) is 4.02. The molecular weight excluding hydrogens is 357 g/mol. The third kappa shape index (κ3) is 1.97. The maximum absolute atomic E-state index is 11.4. The predicted octanol–water partition coefficient (Wildman–Crippen LogP) is 3.74. The molecule has 1 aromatic heterocycles. The van der Waals surface area contributed by atoms with Crippen LogP contribution < -0.4 is 0 Å². The Hall–Kier alpha value is -1.96. The predicted molar refractivity (Wildman–Crippen MR) is 80.9 cm³/mol. The van der Waals surface area contributed by atoms with Crippen LogP contribution >= 0.6 is 22.6 Å². The Morgan fingerprint density at radius 2 is 1.89 bits per heavy atom. The highest BCUT2D eigenvalue weighted by atomic mass is 127. The number of benzene rings is 2. The van der Waals surface area contributed by atoms with Crippen molar-refractivity contribution in [3.05, 3.63) is 56.3 Å². The quantitative estimate of drug-likeness (QED) is 0.427. The average molecular weight is 365 g/mol. The van der Waals surface area contributed by atoms with Crippen molar-refractivity contribution in [3.8, 4) is 11.1 Å². The summed E-state index contributed by atoms with van der Waals surface area (Å²) in [7, 11) is 0. The van der Waals surface area contributed by atoms with Crippen LogP contribution in [-0.4, -0.2) is 15.1 Å². The van der Waals surface area contributed by atoms with Gasteiger partial charge in [0.1, 0.15) is 3.70 Å². The zero-order valence-electron chi connectivity index (χ0n) is 9.63. The number of hydrogen-bond acceptors (Lipinski definition) is 3. The van der Waals surface area contributed by atoms with Crippen molar-refractivity contribution in [1.82, 2.24) is 10.2 Å². The summed E-state index contributed by atoms with van der Waals surface area (Å²) in [5.41, 5.74) is 1.84. The van der Waals surface area contributed by atoms with Crippen LogP contribution in [0.4, 0.5) is 5.69 Å². The van der Waals surface area contributed by atoms with Crippen molar-refractivity contribution in [2.45, 2.75) is 0 Å². The van der Waals surface area contributed by atoms with E-state index in [9.17, 15) is 10.1 Å². The van der Waals surface area contributed by atoms with Crippen LogP contribution in [0.1, 0.15) is 0 Å². The number of fused-ring (bicyclic) bond motifs is 1. The molecule has 0 atom stereocenters. The molecule has 3 rings (SSSR count). The van der Waals surface area contributed by atoms with Gasteiger partial charge >= 0.3 is 5.69 Å². The largest absolute Gasteiger partial charge is 0.305 e. The van der Waals surface area contributed by atoms with Gasteiger partial charge in [0.15, 0.2) is 5.52 Å². The Balaban J connectivity index is 2.37. The van der Waals surface area contributed by atoms with E-state index in [1.165, 1.54) is 0 Å². The molecule has 0 aliphatic heterocycles. The van der Waals surface area contributed by atoms with Crippen LogP contribution in [0.15, 0.2) is 42.5 Å². The Morgan fingerprint density at radius 3 is 2.58 bits per heavy atom. The molecule has 3 aromatic rings. The van der Waals surface area contributed by atoms with E-state index in [0.29, 0.717) is 11.1 Å². The summed E-state index contributed by atoms with van der Waals surface area (Å²) < 4.78 is 0.801. The standard InChI is InChI=1S/C13H8IN3O2/c14-13-10-7-6-9(8-4-2-1-3-5-8)12(17(18)19)11(10)15-16-13/h1-7H,(H,15,16). The summed E-state index contributed by atoms with van der Waals surface area (Å²) in [5, 5.41) is 19.0. The Bertz CT molecular complexity index is 768. The second kappa shape index (κ2) is 4.61. The lowest BCUT2D eigenvalue weighted by Crippen LogP contribution is -1.93. The number of nitrogens with one attached hydrogen (secondary N) is 1. The normalized spacial score (nSPS) is 10.8. The highest BCUT2D eigenvalue weighted by molar-refractivity contribution is 14.1. The van der Waals surface area contributed by atoms with E-state index < -0.39 is 0 Å². The van der Waals surface area contributed by atoms with Gasteiger partial charge in [0.2, 0.25) is 0 Å². The van der Waals surface area contributed by atoms with Crippen molar-refractivity contribution in [3.63, 3.8) is 0 Å². The minimum absolute atomic E-state index is 0.0443. The number of rotatable bonds is 2. The zero-order valence-corrected chi connectivity index (χ0v) is 11.8. The van der Waals surface area contributed by atoms with Crippen molar-refractivity contribution in [1.29, 1.82) is 0 Å². The lowest BCUT2D eigenvalue weighted by atomic mass is 10.0. The molecule has 0 radical (unpaired) electrons. The van der Waals surface area contributed by atoms with Crippen molar-refractivity contribution >= 4 is 39.2 Å². The number of nitro groups is 1. The first-order chi connectivity index (χ1) is 9.18. The molecule has 2 aromatic carbocycles. The molecule has 19 heavy (non-hydrogen) atoms. The van der Waals surface area contributed by atoms with Crippen LogP contribution in [0.2, 0.25) is 0 Å². The van der Waals surface area contributed by atoms with E-state index in [1.54, 1.807) is 6.07 Å². The van der Waals surface area contributed by atoms with Gasteiger partial charge in [0.05, 0.1) is 10.5 Å². The van der Waals surface area contributed by atoms with Gasteiger partial charge in [-0.25, -0.2) is 0 Å². The van der Waals surface area contributed by atoms with E-state index in [1.807, 2.05) is 36.4 Å². The molecule has 0 aliphatic rings. The molecular formula is C13H8IN3O2. The first-order valence-corrected chi connectivity index (χ1v) is 6.63. The van der Waals surface area contributed by atoms with Crippen LogP contribution in [0.5, 0.6) is 0 Å². The van der Waals surface area contributed by atoms with Crippen molar-refractivity contribution < 1.29 is 4.92 Å². The number of aromatic nitrogens is 2.